The average Bonchev–Trinajstić information content (AvgIpc) is 3.01. The Balaban J connectivity index is 1.73. The SMILES string of the molecule is CCn1c(SCc2cc(=O)oc3cc(C)ccc23)nc2cc(S(N)(=O)=O)ccc21. The van der Waals surface area contributed by atoms with Crippen LogP contribution in [-0.2, 0) is 22.3 Å². The second kappa shape index (κ2) is 7.33. The fraction of sp³-hybridized carbons (Fsp3) is 0.200. The van der Waals surface area contributed by atoms with Crippen molar-refractivity contribution in [2.45, 2.75) is 36.2 Å². The second-order valence-electron chi connectivity index (χ2n) is 6.71. The van der Waals surface area contributed by atoms with Crippen LogP contribution in [0.3, 0.4) is 0 Å². The molecule has 2 heterocycles. The molecule has 0 bridgehead atoms. The number of aromatic nitrogens is 2. The van der Waals surface area contributed by atoms with E-state index in [2.05, 4.69) is 4.98 Å². The van der Waals surface area contributed by atoms with E-state index in [1.807, 2.05) is 36.6 Å². The Hall–Kier alpha value is -2.62. The van der Waals surface area contributed by atoms with Crippen molar-refractivity contribution in [2.24, 2.45) is 5.14 Å². The number of fused-ring (bicyclic) bond motifs is 2. The van der Waals surface area contributed by atoms with E-state index < -0.39 is 10.0 Å². The monoisotopic (exact) mass is 429 g/mol. The van der Waals surface area contributed by atoms with Gasteiger partial charge in [-0.05, 0) is 49.2 Å². The molecule has 9 heteroatoms. The predicted octanol–water partition coefficient (Wildman–Crippen LogP) is 3.41. The van der Waals surface area contributed by atoms with Crippen molar-refractivity contribution < 1.29 is 12.8 Å². The first kappa shape index (κ1) is 19.7. The maximum Gasteiger partial charge on any atom is 0.336 e. The molecular weight excluding hydrogens is 410 g/mol. The molecule has 0 fully saturated rings. The summed E-state index contributed by atoms with van der Waals surface area (Å²) in [4.78, 5) is 16.6. The van der Waals surface area contributed by atoms with Crippen LogP contribution in [0.2, 0.25) is 0 Å². The zero-order valence-corrected chi connectivity index (χ0v) is 17.5. The quantitative estimate of drug-likeness (QED) is 0.385. The van der Waals surface area contributed by atoms with Gasteiger partial charge < -0.3 is 8.98 Å². The van der Waals surface area contributed by atoms with Gasteiger partial charge in [0, 0.05) is 23.8 Å². The summed E-state index contributed by atoms with van der Waals surface area (Å²) in [5.74, 6) is 0.524. The number of nitrogens with two attached hydrogens (primary N) is 1. The molecule has 150 valence electrons. The van der Waals surface area contributed by atoms with E-state index in [9.17, 15) is 13.2 Å². The minimum atomic E-state index is -3.79. The lowest BCUT2D eigenvalue weighted by molar-refractivity contribution is 0.559. The molecule has 0 amide bonds. The molecule has 0 unspecified atom stereocenters. The van der Waals surface area contributed by atoms with Crippen LogP contribution in [-0.4, -0.2) is 18.0 Å². The molecule has 0 atom stereocenters. The largest absolute Gasteiger partial charge is 0.423 e. The number of hydrogen-bond donors (Lipinski definition) is 1. The molecule has 4 aromatic rings. The first-order chi connectivity index (χ1) is 13.8. The molecule has 0 saturated heterocycles. The van der Waals surface area contributed by atoms with Gasteiger partial charge in [-0.25, -0.2) is 23.3 Å². The summed E-state index contributed by atoms with van der Waals surface area (Å²) < 4.78 is 30.6. The number of hydrogen-bond acceptors (Lipinski definition) is 6. The van der Waals surface area contributed by atoms with Crippen LogP contribution in [0.25, 0.3) is 22.0 Å². The third-order valence-electron chi connectivity index (χ3n) is 4.67. The maximum atomic E-state index is 12.0. The molecule has 0 radical (unpaired) electrons. The third-order valence-corrected chi connectivity index (χ3v) is 6.61. The maximum absolute atomic E-state index is 12.0. The lowest BCUT2D eigenvalue weighted by Gasteiger charge is -2.08. The Morgan fingerprint density at radius 3 is 2.69 bits per heavy atom. The number of primary sulfonamides is 1. The molecule has 4 rings (SSSR count). The summed E-state index contributed by atoms with van der Waals surface area (Å²) in [5.41, 5.74) is 3.45. The smallest absolute Gasteiger partial charge is 0.336 e. The molecule has 0 aliphatic heterocycles. The van der Waals surface area contributed by atoms with Crippen molar-refractivity contribution in [1.82, 2.24) is 9.55 Å². The number of rotatable bonds is 5. The summed E-state index contributed by atoms with van der Waals surface area (Å²) in [6.45, 7) is 4.61. The van der Waals surface area contributed by atoms with E-state index in [1.54, 1.807) is 6.07 Å². The highest BCUT2D eigenvalue weighted by Crippen LogP contribution is 2.30. The topological polar surface area (TPSA) is 108 Å². The van der Waals surface area contributed by atoms with Gasteiger partial charge in [-0.15, -0.1) is 0 Å². The van der Waals surface area contributed by atoms with Crippen molar-refractivity contribution in [1.29, 1.82) is 0 Å². The lowest BCUT2D eigenvalue weighted by atomic mass is 10.1. The minimum absolute atomic E-state index is 0.0318. The van der Waals surface area contributed by atoms with E-state index in [0.29, 0.717) is 23.4 Å². The molecular formula is C20H19N3O4S2. The van der Waals surface area contributed by atoms with E-state index in [1.165, 1.54) is 30.0 Å². The van der Waals surface area contributed by atoms with Crippen molar-refractivity contribution in [3.05, 3.63) is 64.0 Å². The van der Waals surface area contributed by atoms with Crippen LogP contribution >= 0.6 is 11.8 Å². The minimum Gasteiger partial charge on any atom is -0.423 e. The van der Waals surface area contributed by atoms with Crippen LogP contribution < -0.4 is 10.8 Å². The number of thioether (sulfide) groups is 1. The van der Waals surface area contributed by atoms with Gasteiger partial charge in [0.1, 0.15) is 5.58 Å². The Kier molecular flexibility index (Phi) is 4.97. The molecule has 2 aromatic heterocycles. The Morgan fingerprint density at radius 2 is 1.97 bits per heavy atom. The van der Waals surface area contributed by atoms with Gasteiger partial charge in [-0.1, -0.05) is 23.9 Å². The summed E-state index contributed by atoms with van der Waals surface area (Å²) in [7, 11) is -3.79. The number of benzene rings is 2. The number of imidazole rings is 1. The molecule has 2 N–H and O–H groups in total. The van der Waals surface area contributed by atoms with E-state index in [-0.39, 0.29) is 10.5 Å². The van der Waals surface area contributed by atoms with Crippen molar-refractivity contribution >= 4 is 43.8 Å². The Labute approximate surface area is 171 Å². The first-order valence-corrected chi connectivity index (χ1v) is 11.5. The Morgan fingerprint density at radius 1 is 1.17 bits per heavy atom. The van der Waals surface area contributed by atoms with Gasteiger partial charge in [0.05, 0.1) is 15.9 Å². The summed E-state index contributed by atoms with van der Waals surface area (Å²) in [6.07, 6.45) is 0. The van der Waals surface area contributed by atoms with Crippen LogP contribution in [0.4, 0.5) is 0 Å². The molecule has 0 aliphatic carbocycles. The fourth-order valence-electron chi connectivity index (χ4n) is 3.28. The van der Waals surface area contributed by atoms with Crippen LogP contribution in [0.1, 0.15) is 18.1 Å². The number of aryl methyl sites for hydroxylation is 2. The van der Waals surface area contributed by atoms with Crippen LogP contribution in [0.15, 0.2) is 61.7 Å². The van der Waals surface area contributed by atoms with E-state index in [4.69, 9.17) is 9.56 Å². The zero-order chi connectivity index (χ0) is 20.8. The summed E-state index contributed by atoms with van der Waals surface area (Å²) in [5, 5.41) is 6.86. The molecule has 0 spiro atoms. The van der Waals surface area contributed by atoms with Gasteiger partial charge in [-0.2, -0.15) is 0 Å². The van der Waals surface area contributed by atoms with E-state index >= 15 is 0 Å². The average molecular weight is 430 g/mol. The van der Waals surface area contributed by atoms with Gasteiger partial charge >= 0.3 is 5.63 Å². The zero-order valence-electron chi connectivity index (χ0n) is 15.9. The van der Waals surface area contributed by atoms with Crippen molar-refractivity contribution in [2.75, 3.05) is 0 Å². The van der Waals surface area contributed by atoms with Crippen LogP contribution in [0.5, 0.6) is 0 Å². The number of nitrogens with zero attached hydrogens (tertiary/aromatic N) is 2. The summed E-state index contributed by atoms with van der Waals surface area (Å²) in [6, 6.07) is 12.0. The second-order valence-corrected chi connectivity index (χ2v) is 9.22. The van der Waals surface area contributed by atoms with Crippen LogP contribution in [0, 0.1) is 6.92 Å². The Bertz CT molecular complexity index is 1400. The normalized spacial score (nSPS) is 12.1. The molecule has 7 nitrogen and oxygen atoms in total. The van der Waals surface area contributed by atoms with Gasteiger partial charge in [0.25, 0.3) is 0 Å². The van der Waals surface area contributed by atoms with Crippen molar-refractivity contribution in [3.63, 3.8) is 0 Å². The molecule has 0 aliphatic rings. The predicted molar refractivity (Wildman–Crippen MR) is 114 cm³/mol. The molecule has 0 saturated carbocycles. The highest BCUT2D eigenvalue weighted by Gasteiger charge is 2.15. The van der Waals surface area contributed by atoms with E-state index in [0.717, 1.165) is 27.2 Å². The first-order valence-electron chi connectivity index (χ1n) is 8.95. The van der Waals surface area contributed by atoms with Gasteiger partial charge in [0.15, 0.2) is 5.16 Å². The highest BCUT2D eigenvalue weighted by molar-refractivity contribution is 7.98. The third kappa shape index (κ3) is 3.81. The highest BCUT2D eigenvalue weighted by atomic mass is 32.2. The standard InChI is InChI=1S/C20H19N3O4S2/c1-3-23-17-7-5-14(29(21,25)26)10-16(17)22-20(23)28-11-13-9-19(24)27-18-8-12(2)4-6-15(13)18/h4-10H,3,11H2,1-2H3,(H2,21,25,26). The number of sulfonamides is 1. The van der Waals surface area contributed by atoms with Gasteiger partial charge in [-0.3, -0.25) is 0 Å². The fourth-order valence-corrected chi connectivity index (χ4v) is 4.88. The van der Waals surface area contributed by atoms with Gasteiger partial charge in [0.2, 0.25) is 10.0 Å². The molecule has 29 heavy (non-hydrogen) atoms. The van der Waals surface area contributed by atoms with Crippen molar-refractivity contribution in [3.8, 4) is 0 Å². The summed E-state index contributed by atoms with van der Waals surface area (Å²) >= 11 is 1.48. The molecule has 2 aromatic carbocycles. The lowest BCUT2D eigenvalue weighted by Crippen LogP contribution is -2.11.